The molecule has 0 unspecified atom stereocenters. The first-order valence-corrected chi connectivity index (χ1v) is 7.86. The van der Waals surface area contributed by atoms with Crippen LogP contribution in [0.3, 0.4) is 0 Å². The summed E-state index contributed by atoms with van der Waals surface area (Å²) in [5, 5.41) is 0.701. The van der Waals surface area contributed by atoms with E-state index in [2.05, 4.69) is 9.97 Å². The van der Waals surface area contributed by atoms with Gasteiger partial charge in [0.25, 0.3) is 0 Å². The Morgan fingerprint density at radius 2 is 1.65 bits per heavy atom. The van der Waals surface area contributed by atoms with Crippen LogP contribution in [-0.4, -0.2) is 14.8 Å². The zero-order valence-electron chi connectivity index (χ0n) is 11.7. The van der Waals surface area contributed by atoms with Gasteiger partial charge in [-0.1, -0.05) is 77.9 Å². The fourth-order valence-electron chi connectivity index (χ4n) is 1.92. The molecule has 0 fully saturated rings. The number of hydrogen-bond acceptors (Lipinski definition) is 4. The highest BCUT2D eigenvalue weighted by molar-refractivity contribution is 7.81. The van der Waals surface area contributed by atoms with Gasteiger partial charge in [-0.3, -0.25) is 0 Å². The van der Waals surface area contributed by atoms with Gasteiger partial charge >= 0.3 is 6.01 Å². The van der Waals surface area contributed by atoms with Gasteiger partial charge in [0.15, 0.2) is 0 Å². The Balaban J connectivity index is 1.87. The highest BCUT2D eigenvalue weighted by atomic mass is 35.5. The molecular weight excluding hydrogens is 351 g/mol. The Hall–Kier alpha value is -2.01. The molecule has 3 rings (SSSR count). The zero-order chi connectivity index (χ0) is 16.2. The zero-order valence-corrected chi connectivity index (χ0v) is 14.1. The second-order valence-electron chi connectivity index (χ2n) is 4.58. The van der Waals surface area contributed by atoms with E-state index in [1.165, 1.54) is 0 Å². The van der Waals surface area contributed by atoms with Crippen LogP contribution in [0.1, 0.15) is 11.1 Å². The van der Waals surface area contributed by atoms with Gasteiger partial charge in [-0.15, -0.1) is 0 Å². The van der Waals surface area contributed by atoms with E-state index in [1.807, 2.05) is 42.5 Å². The van der Waals surface area contributed by atoms with Crippen LogP contribution >= 0.6 is 35.4 Å². The Labute approximate surface area is 148 Å². The van der Waals surface area contributed by atoms with Crippen LogP contribution in [0.4, 0.5) is 0 Å². The van der Waals surface area contributed by atoms with E-state index in [0.717, 1.165) is 5.56 Å². The van der Waals surface area contributed by atoms with Crippen molar-refractivity contribution in [3.8, 4) is 11.8 Å². The molecule has 0 saturated carbocycles. The third-order valence-electron chi connectivity index (χ3n) is 3.04. The molecule has 0 atom stereocenters. The van der Waals surface area contributed by atoms with E-state index in [1.54, 1.807) is 18.3 Å². The summed E-state index contributed by atoms with van der Waals surface area (Å²) in [7, 11) is 0. The van der Waals surface area contributed by atoms with Gasteiger partial charge in [0.1, 0.15) is 10.9 Å². The fraction of sp³-hybridized carbons (Fsp3) is 0. The number of rotatable bonds is 4. The molecule has 0 radical (unpaired) electrons. The van der Waals surface area contributed by atoms with Crippen molar-refractivity contribution >= 4 is 40.3 Å². The van der Waals surface area contributed by atoms with Crippen LogP contribution in [0.25, 0.3) is 0 Å². The Morgan fingerprint density at radius 3 is 2.35 bits per heavy atom. The van der Waals surface area contributed by atoms with Crippen molar-refractivity contribution in [1.82, 2.24) is 9.97 Å². The Bertz CT molecular complexity index is 856. The van der Waals surface area contributed by atoms with Crippen molar-refractivity contribution in [3.63, 3.8) is 0 Å². The molecule has 0 saturated heterocycles. The van der Waals surface area contributed by atoms with Crippen LogP contribution in [0.5, 0.6) is 11.8 Å². The molecule has 3 nitrogen and oxygen atoms in total. The molecule has 0 aliphatic heterocycles. The van der Waals surface area contributed by atoms with Crippen molar-refractivity contribution in [1.29, 1.82) is 0 Å². The van der Waals surface area contributed by atoms with Crippen LogP contribution in [-0.2, 0) is 0 Å². The maximum atomic E-state index is 6.23. The minimum atomic E-state index is 0.114. The Kier molecular flexibility index (Phi) is 4.86. The van der Waals surface area contributed by atoms with Crippen molar-refractivity contribution in [2.45, 2.75) is 0 Å². The Morgan fingerprint density at radius 1 is 0.957 bits per heavy atom. The standard InChI is InChI=1S/C17H10Cl2N2OS/c18-13-8-4-5-9-14(13)22-17-20-10-12(16(19)21-17)15(23)11-6-2-1-3-7-11/h1-10H. The minimum Gasteiger partial charge on any atom is -0.423 e. The lowest BCUT2D eigenvalue weighted by molar-refractivity contribution is 0.442. The van der Waals surface area contributed by atoms with Gasteiger partial charge < -0.3 is 4.74 Å². The molecule has 0 aliphatic carbocycles. The monoisotopic (exact) mass is 360 g/mol. The average Bonchev–Trinajstić information content (AvgIpc) is 2.57. The molecule has 6 heteroatoms. The van der Waals surface area contributed by atoms with E-state index < -0.39 is 0 Å². The van der Waals surface area contributed by atoms with Gasteiger partial charge in [0.05, 0.1) is 9.89 Å². The largest absolute Gasteiger partial charge is 0.423 e. The SMILES string of the molecule is S=C(c1ccccc1)c1cnc(Oc2ccccc2Cl)nc1Cl. The number of aromatic nitrogens is 2. The summed E-state index contributed by atoms with van der Waals surface area (Å²) in [6.45, 7) is 0. The number of ether oxygens (including phenoxy) is 1. The quantitative estimate of drug-likeness (QED) is 0.357. The first kappa shape index (κ1) is 15.9. The molecule has 0 amide bonds. The summed E-state index contributed by atoms with van der Waals surface area (Å²) >= 11 is 17.7. The fourth-order valence-corrected chi connectivity index (χ4v) is 2.65. The maximum Gasteiger partial charge on any atom is 0.323 e. The topological polar surface area (TPSA) is 35.0 Å². The highest BCUT2D eigenvalue weighted by Gasteiger charge is 2.13. The second kappa shape index (κ2) is 7.04. The van der Waals surface area contributed by atoms with Gasteiger partial charge in [-0.25, -0.2) is 4.98 Å². The molecule has 2 aromatic carbocycles. The molecule has 1 heterocycles. The smallest absolute Gasteiger partial charge is 0.323 e. The molecule has 114 valence electrons. The van der Waals surface area contributed by atoms with Crippen molar-refractivity contribution < 1.29 is 4.74 Å². The van der Waals surface area contributed by atoms with Crippen molar-refractivity contribution in [2.24, 2.45) is 0 Å². The molecule has 0 aliphatic rings. The van der Waals surface area contributed by atoms with E-state index in [9.17, 15) is 0 Å². The van der Waals surface area contributed by atoms with Crippen LogP contribution < -0.4 is 4.74 Å². The van der Waals surface area contributed by atoms with E-state index in [-0.39, 0.29) is 11.2 Å². The molecule has 23 heavy (non-hydrogen) atoms. The van der Waals surface area contributed by atoms with E-state index >= 15 is 0 Å². The lowest BCUT2D eigenvalue weighted by Gasteiger charge is -2.08. The lowest BCUT2D eigenvalue weighted by atomic mass is 10.1. The van der Waals surface area contributed by atoms with Crippen molar-refractivity contribution in [3.05, 3.63) is 82.1 Å². The van der Waals surface area contributed by atoms with E-state index in [0.29, 0.717) is 21.2 Å². The summed E-state index contributed by atoms with van der Waals surface area (Å²) in [6, 6.07) is 16.7. The lowest BCUT2D eigenvalue weighted by Crippen LogP contribution is -2.04. The third kappa shape index (κ3) is 3.67. The number of para-hydroxylation sites is 1. The number of nitrogens with zero attached hydrogens (tertiary/aromatic N) is 2. The molecule has 1 aromatic heterocycles. The number of benzene rings is 2. The van der Waals surface area contributed by atoms with E-state index in [4.69, 9.17) is 40.2 Å². The molecule has 0 N–H and O–H groups in total. The summed E-state index contributed by atoms with van der Waals surface area (Å²) in [5.74, 6) is 0.462. The number of hydrogen-bond donors (Lipinski definition) is 0. The summed E-state index contributed by atoms with van der Waals surface area (Å²) in [6.07, 6.45) is 1.55. The van der Waals surface area contributed by atoms with Crippen LogP contribution in [0.2, 0.25) is 10.2 Å². The summed E-state index contributed by atoms with van der Waals surface area (Å²) in [5.41, 5.74) is 1.46. The van der Waals surface area contributed by atoms with Crippen LogP contribution in [0.15, 0.2) is 60.8 Å². The number of halogens is 2. The predicted octanol–water partition coefficient (Wildman–Crippen LogP) is 5.34. The second-order valence-corrected chi connectivity index (χ2v) is 5.76. The normalized spacial score (nSPS) is 10.3. The third-order valence-corrected chi connectivity index (χ3v) is 4.09. The minimum absolute atomic E-state index is 0.114. The molecule has 0 bridgehead atoms. The highest BCUT2D eigenvalue weighted by Crippen LogP contribution is 2.28. The number of thiocarbonyl (C=S) groups is 1. The molecular formula is C17H10Cl2N2OS. The van der Waals surface area contributed by atoms with Crippen molar-refractivity contribution in [2.75, 3.05) is 0 Å². The first-order chi connectivity index (χ1) is 11.1. The predicted molar refractivity (Wildman–Crippen MR) is 95.8 cm³/mol. The maximum absolute atomic E-state index is 6.23. The molecule has 0 spiro atoms. The summed E-state index contributed by atoms with van der Waals surface area (Å²) in [4.78, 5) is 8.88. The van der Waals surface area contributed by atoms with Gasteiger partial charge in [-0.2, -0.15) is 4.98 Å². The average molecular weight is 361 g/mol. The van der Waals surface area contributed by atoms with Gasteiger partial charge in [0, 0.05) is 11.8 Å². The summed E-state index contributed by atoms with van der Waals surface area (Å²) < 4.78 is 5.55. The van der Waals surface area contributed by atoms with Gasteiger partial charge in [-0.05, 0) is 17.7 Å². The first-order valence-electron chi connectivity index (χ1n) is 6.70. The molecule has 3 aromatic rings. The van der Waals surface area contributed by atoms with Crippen LogP contribution in [0, 0.1) is 0 Å². The van der Waals surface area contributed by atoms with Gasteiger partial charge in [0.2, 0.25) is 0 Å².